The molecule has 3 nitrogen and oxygen atoms in total. The maximum atomic E-state index is 11.9. The van der Waals surface area contributed by atoms with Crippen molar-refractivity contribution >= 4 is 21.8 Å². The lowest BCUT2D eigenvalue weighted by molar-refractivity contribution is -0.121. The lowest BCUT2D eigenvalue weighted by Crippen LogP contribution is -2.35. The lowest BCUT2D eigenvalue weighted by Gasteiger charge is -2.16. The van der Waals surface area contributed by atoms with E-state index in [0.717, 1.165) is 29.5 Å². The van der Waals surface area contributed by atoms with Crippen molar-refractivity contribution in [3.05, 3.63) is 29.8 Å². The van der Waals surface area contributed by atoms with Crippen molar-refractivity contribution in [1.82, 2.24) is 5.32 Å². The Hall–Kier alpha value is -1.03. The first-order valence-electron chi connectivity index (χ1n) is 6.18. The second kappa shape index (κ2) is 8.14. The number of halogens is 1. The Morgan fingerprint density at radius 2 is 2.17 bits per heavy atom. The van der Waals surface area contributed by atoms with Crippen molar-refractivity contribution in [2.45, 2.75) is 32.2 Å². The fraction of sp³-hybridized carbons (Fsp3) is 0.500. The molecule has 1 unspecified atom stereocenters. The van der Waals surface area contributed by atoms with Gasteiger partial charge in [0, 0.05) is 16.9 Å². The van der Waals surface area contributed by atoms with E-state index < -0.39 is 0 Å². The first-order valence-corrected chi connectivity index (χ1v) is 7.30. The normalized spacial score (nSPS) is 11.9. The third-order valence-electron chi connectivity index (χ3n) is 2.86. The molecule has 0 aliphatic heterocycles. The second-order valence-corrected chi connectivity index (χ2v) is 4.93. The minimum Gasteiger partial charge on any atom is -0.496 e. The molecule has 1 atom stereocenters. The van der Waals surface area contributed by atoms with Gasteiger partial charge in [-0.2, -0.15) is 0 Å². The monoisotopic (exact) mass is 313 g/mol. The van der Waals surface area contributed by atoms with E-state index in [1.54, 1.807) is 7.11 Å². The Balaban J connectivity index is 2.58. The minimum absolute atomic E-state index is 0.0484. The topological polar surface area (TPSA) is 38.3 Å². The zero-order valence-electron chi connectivity index (χ0n) is 10.9. The van der Waals surface area contributed by atoms with Crippen molar-refractivity contribution in [3.8, 4) is 5.75 Å². The number of methoxy groups -OCH3 is 1. The Morgan fingerprint density at radius 1 is 1.44 bits per heavy atom. The third-order valence-corrected chi connectivity index (χ3v) is 3.32. The molecule has 1 amide bonds. The van der Waals surface area contributed by atoms with Crippen LogP contribution in [0.15, 0.2) is 24.3 Å². The van der Waals surface area contributed by atoms with Crippen LogP contribution in [0.5, 0.6) is 5.75 Å². The minimum atomic E-state index is 0.0484. The molecule has 18 heavy (non-hydrogen) atoms. The van der Waals surface area contributed by atoms with Gasteiger partial charge in [0.2, 0.25) is 5.91 Å². The zero-order valence-corrected chi connectivity index (χ0v) is 12.5. The molecule has 0 aliphatic carbocycles. The zero-order chi connectivity index (χ0) is 13.4. The van der Waals surface area contributed by atoms with Gasteiger partial charge in [0.25, 0.3) is 0 Å². The standard InChI is InChI=1S/C14H20BrNO2/c1-3-12(8-9-15)16-14(17)10-11-6-4-5-7-13(11)18-2/h4-7,12H,3,8-10H2,1-2H3,(H,16,17). The van der Waals surface area contributed by atoms with Crippen molar-refractivity contribution in [2.24, 2.45) is 0 Å². The molecule has 0 heterocycles. The van der Waals surface area contributed by atoms with Crippen molar-refractivity contribution in [3.63, 3.8) is 0 Å². The highest BCUT2D eigenvalue weighted by Gasteiger charge is 2.12. The molecule has 1 rings (SSSR count). The molecule has 0 fully saturated rings. The number of hydrogen-bond donors (Lipinski definition) is 1. The largest absolute Gasteiger partial charge is 0.496 e. The summed E-state index contributed by atoms with van der Waals surface area (Å²) in [5.74, 6) is 0.813. The van der Waals surface area contributed by atoms with Crippen LogP contribution >= 0.6 is 15.9 Å². The van der Waals surface area contributed by atoms with E-state index in [4.69, 9.17) is 4.74 Å². The number of amides is 1. The fourth-order valence-corrected chi connectivity index (χ4v) is 2.36. The Bertz CT molecular complexity index is 382. The molecular weight excluding hydrogens is 294 g/mol. The van der Waals surface area contributed by atoms with Crippen LogP contribution in [0, 0.1) is 0 Å². The fourth-order valence-electron chi connectivity index (χ4n) is 1.81. The molecule has 1 aromatic rings. The molecule has 100 valence electrons. The second-order valence-electron chi connectivity index (χ2n) is 4.14. The molecule has 0 aromatic heterocycles. The predicted octanol–water partition coefficient (Wildman–Crippen LogP) is 2.92. The molecular formula is C14H20BrNO2. The van der Waals surface area contributed by atoms with Gasteiger partial charge in [-0.05, 0) is 18.9 Å². The summed E-state index contributed by atoms with van der Waals surface area (Å²) in [7, 11) is 1.62. The summed E-state index contributed by atoms with van der Waals surface area (Å²) in [6.45, 7) is 2.08. The molecule has 0 aliphatic rings. The van der Waals surface area contributed by atoms with Gasteiger partial charge in [-0.3, -0.25) is 4.79 Å². The van der Waals surface area contributed by atoms with Gasteiger partial charge >= 0.3 is 0 Å². The van der Waals surface area contributed by atoms with Gasteiger partial charge in [0.05, 0.1) is 13.5 Å². The number of carbonyl (C=O) groups is 1. The maximum absolute atomic E-state index is 11.9. The van der Waals surface area contributed by atoms with E-state index in [-0.39, 0.29) is 11.9 Å². The summed E-state index contributed by atoms with van der Waals surface area (Å²) in [5.41, 5.74) is 0.922. The average Bonchev–Trinajstić information content (AvgIpc) is 2.38. The highest BCUT2D eigenvalue weighted by molar-refractivity contribution is 9.09. The number of benzene rings is 1. The Morgan fingerprint density at radius 3 is 2.78 bits per heavy atom. The molecule has 0 radical (unpaired) electrons. The molecule has 0 saturated heterocycles. The van der Waals surface area contributed by atoms with Gasteiger partial charge in [-0.25, -0.2) is 0 Å². The van der Waals surface area contributed by atoms with Crippen LogP contribution in [0.1, 0.15) is 25.3 Å². The number of para-hydroxylation sites is 1. The van der Waals surface area contributed by atoms with Crippen LogP contribution in [0.4, 0.5) is 0 Å². The first kappa shape index (κ1) is 15.0. The summed E-state index contributed by atoms with van der Waals surface area (Å²) in [4.78, 5) is 11.9. The van der Waals surface area contributed by atoms with E-state index in [1.807, 2.05) is 24.3 Å². The lowest BCUT2D eigenvalue weighted by atomic mass is 10.1. The van der Waals surface area contributed by atoms with Gasteiger partial charge in [0.1, 0.15) is 5.75 Å². The Kier molecular flexibility index (Phi) is 6.80. The SMILES string of the molecule is CCC(CCBr)NC(=O)Cc1ccccc1OC. The summed E-state index contributed by atoms with van der Waals surface area (Å²) >= 11 is 3.40. The predicted molar refractivity (Wildman–Crippen MR) is 77.3 cm³/mol. The molecule has 4 heteroatoms. The summed E-state index contributed by atoms with van der Waals surface area (Å²) in [5, 5.41) is 3.95. The number of ether oxygens (including phenoxy) is 1. The molecule has 0 bridgehead atoms. The van der Waals surface area contributed by atoms with Crippen LogP contribution in [0.3, 0.4) is 0 Å². The average molecular weight is 314 g/mol. The van der Waals surface area contributed by atoms with Gasteiger partial charge in [0.15, 0.2) is 0 Å². The molecule has 0 spiro atoms. The van der Waals surface area contributed by atoms with Gasteiger partial charge in [-0.15, -0.1) is 0 Å². The molecule has 1 N–H and O–H groups in total. The summed E-state index contributed by atoms with van der Waals surface area (Å²) in [6.07, 6.45) is 2.26. The van der Waals surface area contributed by atoms with Crippen LogP contribution in [0.25, 0.3) is 0 Å². The van der Waals surface area contributed by atoms with Crippen LogP contribution < -0.4 is 10.1 Å². The highest BCUT2D eigenvalue weighted by atomic mass is 79.9. The molecule has 0 saturated carbocycles. The van der Waals surface area contributed by atoms with E-state index in [0.29, 0.717) is 6.42 Å². The van der Waals surface area contributed by atoms with E-state index in [1.165, 1.54) is 0 Å². The number of rotatable bonds is 7. The van der Waals surface area contributed by atoms with Crippen molar-refractivity contribution < 1.29 is 9.53 Å². The number of alkyl halides is 1. The van der Waals surface area contributed by atoms with E-state index in [9.17, 15) is 4.79 Å². The number of hydrogen-bond acceptors (Lipinski definition) is 2. The maximum Gasteiger partial charge on any atom is 0.224 e. The number of nitrogens with one attached hydrogen (secondary N) is 1. The Labute approximate surface area is 117 Å². The van der Waals surface area contributed by atoms with Crippen LogP contribution in [-0.2, 0) is 11.2 Å². The first-order chi connectivity index (χ1) is 8.71. The molecule has 1 aromatic carbocycles. The van der Waals surface area contributed by atoms with Crippen LogP contribution in [0.2, 0.25) is 0 Å². The van der Waals surface area contributed by atoms with E-state index >= 15 is 0 Å². The quantitative estimate of drug-likeness (QED) is 0.786. The van der Waals surface area contributed by atoms with Crippen molar-refractivity contribution in [2.75, 3.05) is 12.4 Å². The van der Waals surface area contributed by atoms with Crippen LogP contribution in [-0.4, -0.2) is 24.4 Å². The van der Waals surface area contributed by atoms with Gasteiger partial charge in [-0.1, -0.05) is 41.1 Å². The summed E-state index contributed by atoms with van der Waals surface area (Å²) in [6, 6.07) is 7.86. The van der Waals surface area contributed by atoms with E-state index in [2.05, 4.69) is 28.2 Å². The van der Waals surface area contributed by atoms with Gasteiger partial charge < -0.3 is 10.1 Å². The number of carbonyl (C=O) groups excluding carboxylic acids is 1. The highest BCUT2D eigenvalue weighted by Crippen LogP contribution is 2.17. The van der Waals surface area contributed by atoms with Crippen molar-refractivity contribution in [1.29, 1.82) is 0 Å². The third kappa shape index (κ3) is 4.69. The smallest absolute Gasteiger partial charge is 0.224 e. The summed E-state index contributed by atoms with van der Waals surface area (Å²) < 4.78 is 5.24.